The molecule has 12 heteroatoms. The van der Waals surface area contributed by atoms with Crippen molar-refractivity contribution < 1.29 is 52.2 Å². The van der Waals surface area contributed by atoms with Crippen molar-refractivity contribution >= 4 is 17.6 Å². The van der Waals surface area contributed by atoms with Gasteiger partial charge in [0.05, 0.1) is 119 Å². The first-order chi connectivity index (χ1) is 17.3. The number of hydrogen-bond donors (Lipinski definition) is 0. The van der Waals surface area contributed by atoms with Crippen LogP contribution in [0.25, 0.3) is 0 Å². The molecule has 0 N–H and O–H groups in total. The van der Waals surface area contributed by atoms with Gasteiger partial charge in [0.15, 0.2) is 0 Å². The lowest BCUT2D eigenvalue weighted by molar-refractivity contribution is -0.139. The van der Waals surface area contributed by atoms with E-state index in [2.05, 4.69) is 6.58 Å². The quantitative estimate of drug-likeness (QED) is 0.0576. The fourth-order valence-corrected chi connectivity index (χ4v) is 2.29. The number of alkyl halides is 1. The van der Waals surface area contributed by atoms with Gasteiger partial charge < -0.3 is 47.4 Å². The normalized spacial score (nSPS) is 11.1. The van der Waals surface area contributed by atoms with Crippen molar-refractivity contribution in [3.63, 3.8) is 0 Å². The van der Waals surface area contributed by atoms with Crippen LogP contribution >= 0.6 is 11.6 Å². The Morgan fingerprint density at radius 1 is 0.457 bits per heavy atom. The Kier molecular flexibility index (Phi) is 30.4. The molecule has 0 saturated carbocycles. The second-order valence-electron chi connectivity index (χ2n) is 6.57. The number of carbonyl (C=O) groups excluding carboxylic acids is 1. The van der Waals surface area contributed by atoms with Gasteiger partial charge in [0.2, 0.25) is 0 Å². The van der Waals surface area contributed by atoms with Gasteiger partial charge in [-0.1, -0.05) is 6.58 Å². The summed E-state index contributed by atoms with van der Waals surface area (Å²) in [6.07, 6.45) is 1.11. The van der Waals surface area contributed by atoms with Gasteiger partial charge >= 0.3 is 5.97 Å². The van der Waals surface area contributed by atoms with E-state index in [-0.39, 0.29) is 6.61 Å². The fraction of sp³-hybridized carbons (Fsp3) is 0.870. The lowest BCUT2D eigenvalue weighted by atomic mass is 10.6. The molecule has 0 aromatic heterocycles. The van der Waals surface area contributed by atoms with Gasteiger partial charge in [-0.3, -0.25) is 0 Å². The summed E-state index contributed by atoms with van der Waals surface area (Å²) in [5.41, 5.74) is 0. The molecular weight excluding hydrogens is 488 g/mol. The number of esters is 1. The summed E-state index contributed by atoms with van der Waals surface area (Å²) in [5.74, 6) is 0.0381. The molecule has 208 valence electrons. The first-order valence-electron chi connectivity index (χ1n) is 11.9. The van der Waals surface area contributed by atoms with Gasteiger partial charge in [0, 0.05) is 12.0 Å². The Bertz CT molecular complexity index is 444. The van der Waals surface area contributed by atoms with Crippen LogP contribution in [-0.2, 0) is 52.2 Å². The zero-order valence-corrected chi connectivity index (χ0v) is 21.6. The van der Waals surface area contributed by atoms with E-state index in [1.54, 1.807) is 0 Å². The van der Waals surface area contributed by atoms with Crippen LogP contribution < -0.4 is 0 Å². The Hall–Kier alpha value is -0.860. The largest absolute Gasteiger partial charge is 0.460 e. The number of hydrogen-bond acceptors (Lipinski definition) is 11. The maximum Gasteiger partial charge on any atom is 0.330 e. The summed E-state index contributed by atoms with van der Waals surface area (Å²) < 4.78 is 53.0. The number of carbonyl (C=O) groups is 1. The Morgan fingerprint density at radius 2 is 0.686 bits per heavy atom. The molecule has 0 aromatic rings. The molecule has 0 aliphatic rings. The third-order valence-electron chi connectivity index (χ3n) is 3.84. The fourth-order valence-electron chi connectivity index (χ4n) is 2.18. The van der Waals surface area contributed by atoms with Crippen molar-refractivity contribution in [2.75, 3.05) is 131 Å². The lowest BCUT2D eigenvalue weighted by Gasteiger charge is -2.09. The van der Waals surface area contributed by atoms with E-state index in [9.17, 15) is 4.79 Å². The highest BCUT2D eigenvalue weighted by Crippen LogP contribution is 1.87. The molecule has 0 radical (unpaired) electrons. The highest BCUT2D eigenvalue weighted by atomic mass is 35.5. The highest BCUT2D eigenvalue weighted by Gasteiger charge is 1.97. The molecule has 0 aliphatic carbocycles. The van der Waals surface area contributed by atoms with E-state index >= 15 is 0 Å². The average molecular weight is 531 g/mol. The second kappa shape index (κ2) is 31.2. The van der Waals surface area contributed by atoms with Crippen LogP contribution in [0.1, 0.15) is 0 Å². The molecule has 0 unspecified atom stereocenters. The van der Waals surface area contributed by atoms with Crippen LogP contribution in [0.2, 0.25) is 0 Å². The third kappa shape index (κ3) is 31.1. The average Bonchev–Trinajstić information content (AvgIpc) is 2.87. The molecule has 0 aromatic carbocycles. The third-order valence-corrected chi connectivity index (χ3v) is 3.99. The first-order valence-corrected chi connectivity index (χ1v) is 12.4. The van der Waals surface area contributed by atoms with Crippen molar-refractivity contribution in [3.8, 4) is 0 Å². The predicted molar refractivity (Wildman–Crippen MR) is 129 cm³/mol. The van der Waals surface area contributed by atoms with E-state index in [0.717, 1.165) is 6.08 Å². The topological polar surface area (TPSA) is 109 Å². The molecule has 0 aliphatic heterocycles. The first kappa shape index (κ1) is 34.1. The standard InChI is InChI=1S/C23H43ClO11/c1-2-23(25)35-22-21-34-20-19-33-18-17-32-16-15-31-14-13-30-12-11-29-10-9-28-8-7-27-6-5-26-4-3-24/h2H,1,3-22H2. The van der Waals surface area contributed by atoms with Gasteiger partial charge in [-0.15, -0.1) is 11.6 Å². The summed E-state index contributed by atoms with van der Waals surface area (Å²) in [4.78, 5) is 10.8. The van der Waals surface area contributed by atoms with Crippen LogP contribution in [-0.4, -0.2) is 137 Å². The smallest absolute Gasteiger partial charge is 0.330 e. The van der Waals surface area contributed by atoms with Crippen LogP contribution in [0.4, 0.5) is 0 Å². The Morgan fingerprint density at radius 3 is 0.914 bits per heavy atom. The predicted octanol–water partition coefficient (Wildman–Crippen LogP) is 1.10. The molecule has 0 spiro atoms. The molecule has 0 amide bonds. The van der Waals surface area contributed by atoms with E-state index < -0.39 is 5.97 Å². The van der Waals surface area contributed by atoms with Crippen molar-refractivity contribution in [1.29, 1.82) is 0 Å². The van der Waals surface area contributed by atoms with Crippen molar-refractivity contribution in [1.82, 2.24) is 0 Å². The van der Waals surface area contributed by atoms with Crippen LogP contribution in [0.15, 0.2) is 12.7 Å². The SMILES string of the molecule is C=CC(=O)OCCOCCOCCOCCOCCOCCOCCOCCOCCOCCCl. The van der Waals surface area contributed by atoms with Crippen LogP contribution in [0, 0.1) is 0 Å². The minimum atomic E-state index is -0.457. The van der Waals surface area contributed by atoms with E-state index in [0.29, 0.717) is 125 Å². The van der Waals surface area contributed by atoms with Gasteiger partial charge in [-0.25, -0.2) is 4.79 Å². The van der Waals surface area contributed by atoms with Crippen molar-refractivity contribution in [3.05, 3.63) is 12.7 Å². The summed E-state index contributed by atoms with van der Waals surface area (Å²) in [5, 5.41) is 0. The molecular formula is C23H43ClO11. The van der Waals surface area contributed by atoms with Gasteiger partial charge in [0.1, 0.15) is 6.61 Å². The minimum absolute atomic E-state index is 0.201. The zero-order chi connectivity index (χ0) is 25.5. The molecule has 0 atom stereocenters. The number of rotatable bonds is 30. The summed E-state index contributed by atoms with van der Waals surface area (Å²) in [6, 6.07) is 0. The van der Waals surface area contributed by atoms with Gasteiger partial charge in [0.25, 0.3) is 0 Å². The molecule has 0 saturated heterocycles. The Balaban J connectivity index is 3.03. The molecule has 0 heterocycles. The second-order valence-corrected chi connectivity index (χ2v) is 6.95. The van der Waals surface area contributed by atoms with Crippen molar-refractivity contribution in [2.24, 2.45) is 0 Å². The van der Waals surface area contributed by atoms with Crippen LogP contribution in [0.3, 0.4) is 0 Å². The Labute approximate surface area is 214 Å². The monoisotopic (exact) mass is 530 g/mol. The summed E-state index contributed by atoms with van der Waals surface area (Å²) in [7, 11) is 0. The molecule has 35 heavy (non-hydrogen) atoms. The maximum absolute atomic E-state index is 10.8. The summed E-state index contributed by atoms with van der Waals surface area (Å²) >= 11 is 5.49. The van der Waals surface area contributed by atoms with E-state index in [1.807, 2.05) is 0 Å². The van der Waals surface area contributed by atoms with Gasteiger partial charge in [-0.05, 0) is 0 Å². The van der Waals surface area contributed by atoms with E-state index in [1.165, 1.54) is 0 Å². The van der Waals surface area contributed by atoms with Gasteiger partial charge in [-0.2, -0.15) is 0 Å². The maximum atomic E-state index is 10.8. The lowest BCUT2D eigenvalue weighted by Crippen LogP contribution is -2.15. The molecule has 0 rings (SSSR count). The zero-order valence-electron chi connectivity index (χ0n) is 20.8. The number of ether oxygens (including phenoxy) is 10. The minimum Gasteiger partial charge on any atom is -0.460 e. The number of halogens is 1. The molecule has 0 fully saturated rings. The molecule has 11 nitrogen and oxygen atoms in total. The van der Waals surface area contributed by atoms with Crippen molar-refractivity contribution in [2.45, 2.75) is 0 Å². The van der Waals surface area contributed by atoms with Crippen LogP contribution in [0.5, 0.6) is 0 Å². The van der Waals surface area contributed by atoms with E-state index in [4.69, 9.17) is 59.0 Å². The highest BCUT2D eigenvalue weighted by molar-refractivity contribution is 6.17. The summed E-state index contributed by atoms with van der Waals surface area (Å²) in [6.45, 7) is 12.4. The molecule has 0 bridgehead atoms.